The SMILES string of the molecule is Fc1ccc(-c2cccnc2I)cc1. The molecule has 0 aliphatic rings. The van der Waals surface area contributed by atoms with E-state index >= 15 is 0 Å². The van der Waals surface area contributed by atoms with E-state index in [1.807, 2.05) is 12.1 Å². The van der Waals surface area contributed by atoms with Crippen LogP contribution in [0.3, 0.4) is 0 Å². The van der Waals surface area contributed by atoms with Crippen LogP contribution in [0.1, 0.15) is 0 Å². The number of aromatic nitrogens is 1. The molecule has 0 fully saturated rings. The van der Waals surface area contributed by atoms with Gasteiger partial charge in [0.2, 0.25) is 0 Å². The molecule has 0 unspecified atom stereocenters. The quantitative estimate of drug-likeness (QED) is 0.580. The van der Waals surface area contributed by atoms with Gasteiger partial charge in [0, 0.05) is 11.8 Å². The van der Waals surface area contributed by atoms with E-state index in [1.54, 1.807) is 18.3 Å². The van der Waals surface area contributed by atoms with Crippen molar-refractivity contribution in [3.8, 4) is 11.1 Å². The van der Waals surface area contributed by atoms with Gasteiger partial charge in [0.15, 0.2) is 0 Å². The van der Waals surface area contributed by atoms with Gasteiger partial charge < -0.3 is 0 Å². The monoisotopic (exact) mass is 299 g/mol. The second-order valence-corrected chi connectivity index (χ2v) is 3.87. The van der Waals surface area contributed by atoms with E-state index in [1.165, 1.54) is 12.1 Å². The van der Waals surface area contributed by atoms with Crippen molar-refractivity contribution < 1.29 is 4.39 Å². The fourth-order valence-electron chi connectivity index (χ4n) is 1.23. The molecule has 0 aliphatic heterocycles. The summed E-state index contributed by atoms with van der Waals surface area (Å²) >= 11 is 2.17. The third kappa shape index (κ3) is 1.92. The zero-order valence-corrected chi connectivity index (χ0v) is 9.40. The molecule has 2 aromatic rings. The van der Waals surface area contributed by atoms with E-state index in [4.69, 9.17) is 0 Å². The smallest absolute Gasteiger partial charge is 0.123 e. The third-order valence-corrected chi connectivity index (χ3v) is 2.77. The van der Waals surface area contributed by atoms with Gasteiger partial charge in [-0.3, -0.25) is 0 Å². The maximum absolute atomic E-state index is 12.7. The summed E-state index contributed by atoms with van der Waals surface area (Å²) in [5.74, 6) is -0.215. The molecule has 1 aromatic carbocycles. The Labute approximate surface area is 95.1 Å². The lowest BCUT2D eigenvalue weighted by molar-refractivity contribution is 0.628. The molecular weight excluding hydrogens is 292 g/mol. The highest BCUT2D eigenvalue weighted by molar-refractivity contribution is 14.1. The molecule has 14 heavy (non-hydrogen) atoms. The van der Waals surface area contributed by atoms with Crippen LogP contribution in [0.4, 0.5) is 4.39 Å². The van der Waals surface area contributed by atoms with Crippen LogP contribution < -0.4 is 0 Å². The van der Waals surface area contributed by atoms with Gasteiger partial charge in [-0.15, -0.1) is 0 Å². The number of rotatable bonds is 1. The molecule has 0 bridgehead atoms. The van der Waals surface area contributed by atoms with Crippen molar-refractivity contribution in [2.24, 2.45) is 0 Å². The Morgan fingerprint density at radius 1 is 1.07 bits per heavy atom. The average Bonchev–Trinajstić information content (AvgIpc) is 2.20. The largest absolute Gasteiger partial charge is 0.250 e. The lowest BCUT2D eigenvalue weighted by Crippen LogP contribution is -1.85. The van der Waals surface area contributed by atoms with E-state index in [0.717, 1.165) is 14.8 Å². The van der Waals surface area contributed by atoms with E-state index in [-0.39, 0.29) is 5.82 Å². The summed E-state index contributed by atoms with van der Waals surface area (Å²) < 4.78 is 13.6. The highest BCUT2D eigenvalue weighted by atomic mass is 127. The Bertz CT molecular complexity index is 439. The highest BCUT2D eigenvalue weighted by Crippen LogP contribution is 2.23. The molecule has 0 saturated carbocycles. The molecule has 0 radical (unpaired) electrons. The molecule has 3 heteroatoms. The summed E-state index contributed by atoms with van der Waals surface area (Å²) in [6.45, 7) is 0. The lowest BCUT2D eigenvalue weighted by Gasteiger charge is -2.02. The second-order valence-electron chi connectivity index (χ2n) is 2.85. The summed E-state index contributed by atoms with van der Waals surface area (Å²) in [7, 11) is 0. The first-order valence-electron chi connectivity index (χ1n) is 4.14. The van der Waals surface area contributed by atoms with Gasteiger partial charge in [-0.2, -0.15) is 0 Å². The molecular formula is C11H7FIN. The average molecular weight is 299 g/mol. The van der Waals surface area contributed by atoms with E-state index < -0.39 is 0 Å². The van der Waals surface area contributed by atoms with Gasteiger partial charge in [0.1, 0.15) is 9.52 Å². The molecule has 0 aliphatic carbocycles. The van der Waals surface area contributed by atoms with Gasteiger partial charge in [0.05, 0.1) is 0 Å². The summed E-state index contributed by atoms with van der Waals surface area (Å²) in [5.41, 5.74) is 2.03. The molecule has 0 saturated heterocycles. The molecule has 0 spiro atoms. The fourth-order valence-corrected chi connectivity index (χ4v) is 1.88. The molecule has 70 valence electrons. The summed E-state index contributed by atoms with van der Waals surface area (Å²) in [6.07, 6.45) is 1.74. The molecule has 0 atom stereocenters. The molecule has 0 N–H and O–H groups in total. The summed E-state index contributed by atoms with van der Waals surface area (Å²) in [4.78, 5) is 4.17. The maximum atomic E-state index is 12.7. The van der Waals surface area contributed by atoms with Crippen molar-refractivity contribution >= 4 is 22.6 Å². The standard InChI is InChI=1S/C11H7FIN/c12-9-5-3-8(4-6-9)10-2-1-7-14-11(10)13/h1-7H. The van der Waals surface area contributed by atoms with Crippen LogP contribution in [-0.2, 0) is 0 Å². The summed E-state index contributed by atoms with van der Waals surface area (Å²) in [5, 5.41) is 0. The number of nitrogens with zero attached hydrogens (tertiary/aromatic N) is 1. The minimum atomic E-state index is -0.215. The van der Waals surface area contributed by atoms with Crippen LogP contribution in [0.15, 0.2) is 42.6 Å². The number of benzene rings is 1. The van der Waals surface area contributed by atoms with E-state index in [9.17, 15) is 4.39 Å². The van der Waals surface area contributed by atoms with Gasteiger partial charge in [0.25, 0.3) is 0 Å². The van der Waals surface area contributed by atoms with Crippen molar-refractivity contribution in [3.05, 3.63) is 52.1 Å². The first kappa shape index (κ1) is 9.58. The topological polar surface area (TPSA) is 12.9 Å². The van der Waals surface area contributed by atoms with Crippen LogP contribution in [0.5, 0.6) is 0 Å². The maximum Gasteiger partial charge on any atom is 0.123 e. The van der Waals surface area contributed by atoms with Crippen molar-refractivity contribution in [2.75, 3.05) is 0 Å². The first-order valence-corrected chi connectivity index (χ1v) is 5.22. The Balaban J connectivity index is 2.50. The predicted octanol–water partition coefficient (Wildman–Crippen LogP) is 3.49. The number of hydrogen-bond donors (Lipinski definition) is 0. The Kier molecular flexibility index (Phi) is 2.77. The lowest BCUT2D eigenvalue weighted by atomic mass is 10.1. The number of halogens is 2. The van der Waals surface area contributed by atoms with Gasteiger partial charge in [-0.25, -0.2) is 9.37 Å². The van der Waals surface area contributed by atoms with Gasteiger partial charge >= 0.3 is 0 Å². The normalized spacial score (nSPS) is 10.1. The van der Waals surface area contributed by atoms with Crippen LogP contribution in [0.25, 0.3) is 11.1 Å². The highest BCUT2D eigenvalue weighted by Gasteiger charge is 2.02. The van der Waals surface area contributed by atoms with Crippen molar-refractivity contribution in [3.63, 3.8) is 0 Å². The van der Waals surface area contributed by atoms with Crippen LogP contribution in [-0.4, -0.2) is 4.98 Å². The Morgan fingerprint density at radius 2 is 1.79 bits per heavy atom. The Morgan fingerprint density at radius 3 is 2.43 bits per heavy atom. The summed E-state index contributed by atoms with van der Waals surface area (Å²) in [6, 6.07) is 10.3. The first-order chi connectivity index (χ1) is 6.77. The molecule has 1 aromatic heterocycles. The third-order valence-electron chi connectivity index (χ3n) is 1.91. The van der Waals surface area contributed by atoms with Crippen LogP contribution in [0.2, 0.25) is 0 Å². The molecule has 2 rings (SSSR count). The van der Waals surface area contributed by atoms with Crippen LogP contribution >= 0.6 is 22.6 Å². The molecule has 0 amide bonds. The Hall–Kier alpha value is -0.970. The van der Waals surface area contributed by atoms with E-state index in [2.05, 4.69) is 27.6 Å². The minimum absolute atomic E-state index is 0.215. The zero-order valence-electron chi connectivity index (χ0n) is 7.24. The molecule has 1 nitrogen and oxygen atoms in total. The van der Waals surface area contributed by atoms with E-state index in [0.29, 0.717) is 0 Å². The van der Waals surface area contributed by atoms with Crippen molar-refractivity contribution in [1.29, 1.82) is 0 Å². The number of pyridine rings is 1. The fraction of sp³-hybridized carbons (Fsp3) is 0. The molecule has 1 heterocycles. The predicted molar refractivity (Wildman–Crippen MR) is 62.3 cm³/mol. The zero-order chi connectivity index (χ0) is 9.97. The van der Waals surface area contributed by atoms with Crippen molar-refractivity contribution in [2.45, 2.75) is 0 Å². The van der Waals surface area contributed by atoms with Gasteiger partial charge in [-0.1, -0.05) is 18.2 Å². The van der Waals surface area contributed by atoms with Crippen LogP contribution in [0, 0.1) is 9.52 Å². The second kappa shape index (κ2) is 4.04. The number of hydrogen-bond acceptors (Lipinski definition) is 1. The van der Waals surface area contributed by atoms with Gasteiger partial charge in [-0.05, 0) is 46.4 Å². The minimum Gasteiger partial charge on any atom is -0.250 e. The van der Waals surface area contributed by atoms with Crippen molar-refractivity contribution in [1.82, 2.24) is 4.98 Å².